The fraction of sp³-hybridized carbons (Fsp3) is 0.583. The summed E-state index contributed by atoms with van der Waals surface area (Å²) in [6.07, 6.45) is 2.91. The van der Waals surface area contributed by atoms with Crippen molar-refractivity contribution < 1.29 is 4.79 Å². The van der Waals surface area contributed by atoms with Crippen LogP contribution in [0.5, 0.6) is 0 Å². The molecule has 1 aromatic rings. The molecule has 88 valence electrons. The molecule has 16 heavy (non-hydrogen) atoms. The molecule has 2 rings (SSSR count). The molecule has 0 spiro atoms. The van der Waals surface area contributed by atoms with Crippen molar-refractivity contribution in [2.24, 2.45) is 5.92 Å². The number of aryl methyl sites for hydroxylation is 1. The molecule has 3 nitrogen and oxygen atoms in total. The summed E-state index contributed by atoms with van der Waals surface area (Å²) in [5, 5.41) is 3.31. The minimum atomic E-state index is 0.237. The van der Waals surface area contributed by atoms with Gasteiger partial charge in [0.25, 0.3) is 0 Å². The number of carbonyl (C=O) groups excluding carboxylic acids is 1. The Morgan fingerprint density at radius 3 is 2.75 bits per heavy atom. The van der Waals surface area contributed by atoms with Crippen molar-refractivity contribution in [3.05, 3.63) is 21.9 Å². The number of aromatic amines is 1. The van der Waals surface area contributed by atoms with Gasteiger partial charge in [-0.2, -0.15) is 0 Å². The molecule has 2 N–H and O–H groups in total. The molecule has 0 unspecified atom stereocenters. The van der Waals surface area contributed by atoms with Crippen LogP contribution in [0.4, 0.5) is 0 Å². The predicted octanol–water partition coefficient (Wildman–Crippen LogP) is 2.66. The average molecular weight is 285 g/mol. The molecular weight excluding hydrogens is 268 g/mol. The van der Waals surface area contributed by atoms with Gasteiger partial charge in [-0.25, -0.2) is 0 Å². The molecule has 0 radical (unpaired) electrons. The second-order valence-electron chi connectivity index (χ2n) is 4.48. The van der Waals surface area contributed by atoms with E-state index in [0.717, 1.165) is 41.8 Å². The fourth-order valence-electron chi connectivity index (χ4n) is 2.14. The third-order valence-electron chi connectivity index (χ3n) is 3.18. The summed E-state index contributed by atoms with van der Waals surface area (Å²) in [6, 6.07) is 1.89. The van der Waals surface area contributed by atoms with Crippen molar-refractivity contribution in [2.45, 2.75) is 26.2 Å². The number of H-pyrrole nitrogens is 1. The van der Waals surface area contributed by atoms with Gasteiger partial charge in [0.05, 0.1) is 5.69 Å². The summed E-state index contributed by atoms with van der Waals surface area (Å²) in [5.74, 6) is 0.789. The first kappa shape index (κ1) is 11.9. The number of rotatable bonds is 3. The first-order chi connectivity index (χ1) is 7.66. The molecule has 2 heterocycles. The van der Waals surface area contributed by atoms with Gasteiger partial charge in [-0.3, -0.25) is 4.79 Å². The predicted molar refractivity (Wildman–Crippen MR) is 67.8 cm³/mol. The highest BCUT2D eigenvalue weighted by Gasteiger charge is 2.19. The van der Waals surface area contributed by atoms with Gasteiger partial charge in [0, 0.05) is 16.6 Å². The highest BCUT2D eigenvalue weighted by Crippen LogP contribution is 2.22. The third kappa shape index (κ3) is 2.74. The molecule has 1 aliphatic heterocycles. The van der Waals surface area contributed by atoms with E-state index in [1.165, 1.54) is 0 Å². The van der Waals surface area contributed by atoms with Gasteiger partial charge < -0.3 is 10.3 Å². The molecular formula is C12H17BrN2O. The summed E-state index contributed by atoms with van der Waals surface area (Å²) in [6.45, 7) is 4.06. The van der Waals surface area contributed by atoms with Gasteiger partial charge in [0.1, 0.15) is 0 Å². The SMILES string of the molecule is Cc1[nH]c(C(=O)CC2CCNCC2)cc1Br. The lowest BCUT2D eigenvalue weighted by molar-refractivity contribution is 0.0948. The number of piperidine rings is 1. The number of Topliss-reactive ketones (excluding diaryl/α,β-unsaturated/α-hetero) is 1. The number of carbonyl (C=O) groups is 1. The maximum atomic E-state index is 12.0. The van der Waals surface area contributed by atoms with Crippen LogP contribution in [0.2, 0.25) is 0 Å². The van der Waals surface area contributed by atoms with E-state index < -0.39 is 0 Å². The summed E-state index contributed by atoms with van der Waals surface area (Å²) in [5.41, 5.74) is 1.76. The lowest BCUT2D eigenvalue weighted by Gasteiger charge is -2.21. The Balaban J connectivity index is 1.96. The quantitative estimate of drug-likeness (QED) is 0.839. The van der Waals surface area contributed by atoms with Crippen LogP contribution in [-0.2, 0) is 0 Å². The number of hydrogen-bond acceptors (Lipinski definition) is 2. The molecule has 1 saturated heterocycles. The van der Waals surface area contributed by atoms with Crippen LogP contribution in [0.1, 0.15) is 35.4 Å². The Bertz CT molecular complexity index is 361. The van der Waals surface area contributed by atoms with E-state index in [9.17, 15) is 4.79 Å². The zero-order chi connectivity index (χ0) is 11.5. The van der Waals surface area contributed by atoms with Gasteiger partial charge in [-0.05, 0) is 60.8 Å². The molecule has 0 atom stereocenters. The van der Waals surface area contributed by atoms with Crippen LogP contribution in [0.25, 0.3) is 0 Å². The molecule has 0 saturated carbocycles. The number of hydrogen-bond donors (Lipinski definition) is 2. The molecule has 1 aliphatic rings. The summed E-state index contributed by atoms with van der Waals surface area (Å²) in [4.78, 5) is 15.1. The second kappa shape index (κ2) is 5.15. The monoisotopic (exact) mass is 284 g/mol. The maximum absolute atomic E-state index is 12.0. The molecule has 0 bridgehead atoms. The molecule has 0 aliphatic carbocycles. The standard InChI is InChI=1S/C12H17BrN2O/c1-8-10(13)7-11(15-8)12(16)6-9-2-4-14-5-3-9/h7,9,14-15H,2-6H2,1H3. The third-order valence-corrected chi connectivity index (χ3v) is 4.01. The Hall–Kier alpha value is -0.610. The first-order valence-electron chi connectivity index (χ1n) is 5.76. The lowest BCUT2D eigenvalue weighted by atomic mass is 9.92. The van der Waals surface area contributed by atoms with E-state index in [4.69, 9.17) is 0 Å². The highest BCUT2D eigenvalue weighted by molar-refractivity contribution is 9.10. The molecule has 0 aromatic carbocycles. The van der Waals surface area contributed by atoms with Crippen molar-refractivity contribution in [2.75, 3.05) is 13.1 Å². The highest BCUT2D eigenvalue weighted by atomic mass is 79.9. The lowest BCUT2D eigenvalue weighted by Crippen LogP contribution is -2.28. The van der Waals surface area contributed by atoms with Gasteiger partial charge in [0.2, 0.25) is 0 Å². The van der Waals surface area contributed by atoms with E-state index in [1.54, 1.807) is 0 Å². The van der Waals surface area contributed by atoms with Crippen molar-refractivity contribution in [3.63, 3.8) is 0 Å². The molecule has 4 heteroatoms. The van der Waals surface area contributed by atoms with Crippen LogP contribution in [0.15, 0.2) is 10.5 Å². The van der Waals surface area contributed by atoms with Gasteiger partial charge in [-0.15, -0.1) is 0 Å². The molecule has 1 fully saturated rings. The van der Waals surface area contributed by atoms with Crippen LogP contribution in [0.3, 0.4) is 0 Å². The van der Waals surface area contributed by atoms with Crippen molar-refractivity contribution in [1.82, 2.24) is 10.3 Å². The van der Waals surface area contributed by atoms with Crippen molar-refractivity contribution >= 4 is 21.7 Å². The van der Waals surface area contributed by atoms with Gasteiger partial charge in [-0.1, -0.05) is 0 Å². The molecule has 1 aromatic heterocycles. The van der Waals surface area contributed by atoms with Crippen LogP contribution < -0.4 is 5.32 Å². The summed E-state index contributed by atoms with van der Waals surface area (Å²) < 4.78 is 0.987. The van der Waals surface area contributed by atoms with Crippen molar-refractivity contribution in [1.29, 1.82) is 0 Å². The Labute approximate surface area is 104 Å². The minimum Gasteiger partial charge on any atom is -0.355 e. The fourth-order valence-corrected chi connectivity index (χ4v) is 2.47. The zero-order valence-electron chi connectivity index (χ0n) is 9.48. The average Bonchev–Trinajstić information content (AvgIpc) is 2.61. The number of ketones is 1. The smallest absolute Gasteiger partial charge is 0.179 e. The normalized spacial score (nSPS) is 17.6. The zero-order valence-corrected chi connectivity index (χ0v) is 11.1. The summed E-state index contributed by atoms with van der Waals surface area (Å²) >= 11 is 3.42. The van der Waals surface area contributed by atoms with Gasteiger partial charge >= 0.3 is 0 Å². The Morgan fingerprint density at radius 1 is 1.50 bits per heavy atom. The van der Waals surface area contributed by atoms with Crippen LogP contribution in [0, 0.1) is 12.8 Å². The van der Waals surface area contributed by atoms with E-state index in [-0.39, 0.29) is 5.78 Å². The maximum Gasteiger partial charge on any atom is 0.179 e. The Kier molecular flexibility index (Phi) is 3.82. The number of halogens is 1. The number of aromatic nitrogens is 1. The van der Waals surface area contributed by atoms with E-state index in [1.807, 2.05) is 13.0 Å². The topological polar surface area (TPSA) is 44.9 Å². The first-order valence-corrected chi connectivity index (χ1v) is 6.55. The van der Waals surface area contributed by atoms with E-state index >= 15 is 0 Å². The minimum absolute atomic E-state index is 0.237. The number of nitrogens with one attached hydrogen (secondary N) is 2. The Morgan fingerprint density at radius 2 is 2.19 bits per heavy atom. The summed E-state index contributed by atoms with van der Waals surface area (Å²) in [7, 11) is 0. The largest absolute Gasteiger partial charge is 0.355 e. The van der Waals surface area contributed by atoms with Crippen molar-refractivity contribution in [3.8, 4) is 0 Å². The second-order valence-corrected chi connectivity index (χ2v) is 5.33. The van der Waals surface area contributed by atoms with E-state index in [2.05, 4.69) is 26.2 Å². The van der Waals surface area contributed by atoms with Gasteiger partial charge in [0.15, 0.2) is 5.78 Å². The molecule has 0 amide bonds. The van der Waals surface area contributed by atoms with Crippen LogP contribution in [-0.4, -0.2) is 23.9 Å². The van der Waals surface area contributed by atoms with E-state index in [0.29, 0.717) is 12.3 Å². The van der Waals surface area contributed by atoms with Crippen LogP contribution >= 0.6 is 15.9 Å².